The first-order valence-electron chi connectivity index (χ1n) is 5.98. The molecule has 17 heavy (non-hydrogen) atoms. The zero-order chi connectivity index (χ0) is 11.8. The molecule has 2 heterocycles. The minimum Gasteiger partial charge on any atom is -0.379 e. The Balaban J connectivity index is 2.13. The number of rotatable bonds is 1. The topological polar surface area (TPSA) is 27.1 Å². The van der Waals surface area contributed by atoms with E-state index >= 15 is 0 Å². The number of benzene rings is 1. The predicted octanol–water partition coefficient (Wildman–Crippen LogP) is 3.30. The summed E-state index contributed by atoms with van der Waals surface area (Å²) in [5.41, 5.74) is 2.54. The lowest BCUT2D eigenvalue weighted by Gasteiger charge is -2.23. The zero-order valence-corrected chi connectivity index (χ0v) is 12.0. The van der Waals surface area contributed by atoms with Gasteiger partial charge in [-0.05, 0) is 54.0 Å². The van der Waals surface area contributed by atoms with Crippen molar-refractivity contribution < 1.29 is 4.74 Å². The van der Waals surface area contributed by atoms with Crippen LogP contribution in [0.2, 0.25) is 0 Å². The Labute approximate surface area is 114 Å². The smallest absolute Gasteiger partial charge is 0.131 e. The number of fused-ring (bicyclic) bond motifs is 1. The summed E-state index contributed by atoms with van der Waals surface area (Å²) in [6, 6.07) is 6.81. The third kappa shape index (κ3) is 1.97. The van der Waals surface area contributed by atoms with Crippen molar-refractivity contribution in [2.75, 3.05) is 13.2 Å². The highest BCUT2D eigenvalue weighted by molar-refractivity contribution is 14.1. The normalized spacial score (nSPS) is 20.9. The maximum absolute atomic E-state index is 5.56. The molecule has 3 rings (SSSR count). The van der Waals surface area contributed by atoms with Crippen LogP contribution in [-0.2, 0) is 4.74 Å². The highest BCUT2D eigenvalue weighted by Gasteiger charge is 2.20. The first-order chi connectivity index (χ1) is 8.27. The van der Waals surface area contributed by atoms with Crippen LogP contribution < -0.4 is 0 Å². The van der Waals surface area contributed by atoms with E-state index in [4.69, 9.17) is 9.84 Å². The molecule has 1 saturated heterocycles. The molecular formula is C13H15IN2O. The summed E-state index contributed by atoms with van der Waals surface area (Å²) in [5.74, 6) is 0. The molecule has 1 aromatic carbocycles. The Morgan fingerprint density at radius 3 is 3.12 bits per heavy atom. The van der Waals surface area contributed by atoms with Crippen molar-refractivity contribution >= 4 is 33.5 Å². The van der Waals surface area contributed by atoms with Gasteiger partial charge in [-0.25, -0.2) is 0 Å². The summed E-state index contributed by atoms with van der Waals surface area (Å²) in [5, 5.41) is 5.99. The van der Waals surface area contributed by atoms with Gasteiger partial charge in [-0.15, -0.1) is 0 Å². The number of aryl methyl sites for hydroxylation is 1. The van der Waals surface area contributed by atoms with Gasteiger partial charge in [0.2, 0.25) is 0 Å². The van der Waals surface area contributed by atoms with Crippen LogP contribution in [0.3, 0.4) is 0 Å². The SMILES string of the molecule is Cc1cccc2c1c(I)nn2C1CCCOC1. The minimum atomic E-state index is 0.400. The molecule has 0 spiro atoms. The summed E-state index contributed by atoms with van der Waals surface area (Å²) in [4.78, 5) is 0. The molecule has 0 N–H and O–H groups in total. The highest BCUT2D eigenvalue weighted by Crippen LogP contribution is 2.29. The molecule has 3 nitrogen and oxygen atoms in total. The maximum Gasteiger partial charge on any atom is 0.131 e. The molecule has 1 aromatic heterocycles. The first-order valence-corrected chi connectivity index (χ1v) is 7.06. The van der Waals surface area contributed by atoms with Crippen molar-refractivity contribution in [1.29, 1.82) is 0 Å². The van der Waals surface area contributed by atoms with Crippen molar-refractivity contribution in [3.63, 3.8) is 0 Å². The van der Waals surface area contributed by atoms with Gasteiger partial charge in [0.1, 0.15) is 3.70 Å². The quantitative estimate of drug-likeness (QED) is 0.744. The molecular weight excluding hydrogens is 327 g/mol. The van der Waals surface area contributed by atoms with Crippen molar-refractivity contribution in [3.8, 4) is 0 Å². The van der Waals surface area contributed by atoms with Gasteiger partial charge in [-0.1, -0.05) is 12.1 Å². The second-order valence-corrected chi connectivity index (χ2v) is 5.60. The Kier molecular flexibility index (Phi) is 3.08. The zero-order valence-electron chi connectivity index (χ0n) is 9.82. The maximum atomic E-state index is 5.56. The Morgan fingerprint density at radius 2 is 2.35 bits per heavy atom. The van der Waals surface area contributed by atoms with Gasteiger partial charge in [0.05, 0.1) is 18.2 Å². The van der Waals surface area contributed by atoms with E-state index in [-0.39, 0.29) is 0 Å². The average molecular weight is 342 g/mol. The lowest BCUT2D eigenvalue weighted by molar-refractivity contribution is 0.0564. The van der Waals surface area contributed by atoms with Crippen LogP contribution >= 0.6 is 22.6 Å². The second kappa shape index (κ2) is 4.57. The molecule has 4 heteroatoms. The molecule has 1 aliphatic rings. The molecule has 1 unspecified atom stereocenters. The fourth-order valence-electron chi connectivity index (χ4n) is 2.50. The molecule has 0 radical (unpaired) electrons. The second-order valence-electron chi connectivity index (χ2n) is 4.58. The standard InChI is InChI=1S/C13H15IN2O/c1-9-4-2-6-11-12(9)13(14)15-16(11)10-5-3-7-17-8-10/h2,4,6,10H,3,5,7-8H2,1H3. The Morgan fingerprint density at radius 1 is 1.47 bits per heavy atom. The van der Waals surface area contributed by atoms with Crippen LogP contribution in [0.25, 0.3) is 10.9 Å². The highest BCUT2D eigenvalue weighted by atomic mass is 127. The van der Waals surface area contributed by atoms with E-state index in [9.17, 15) is 0 Å². The molecule has 1 aliphatic heterocycles. The minimum absolute atomic E-state index is 0.400. The molecule has 0 aliphatic carbocycles. The van der Waals surface area contributed by atoms with Crippen LogP contribution in [0.1, 0.15) is 24.4 Å². The van der Waals surface area contributed by atoms with Crippen LogP contribution in [0.15, 0.2) is 18.2 Å². The predicted molar refractivity (Wildman–Crippen MR) is 76.3 cm³/mol. The average Bonchev–Trinajstić information content (AvgIpc) is 2.69. The van der Waals surface area contributed by atoms with Crippen molar-refractivity contribution in [1.82, 2.24) is 9.78 Å². The fraction of sp³-hybridized carbons (Fsp3) is 0.462. The third-order valence-electron chi connectivity index (χ3n) is 3.38. The van der Waals surface area contributed by atoms with Crippen molar-refractivity contribution in [2.24, 2.45) is 0 Å². The Bertz CT molecular complexity index is 544. The van der Waals surface area contributed by atoms with E-state index in [1.165, 1.54) is 22.9 Å². The summed E-state index contributed by atoms with van der Waals surface area (Å²) < 4.78 is 8.82. The van der Waals surface area contributed by atoms with Crippen LogP contribution in [-0.4, -0.2) is 23.0 Å². The molecule has 0 bridgehead atoms. The number of aromatic nitrogens is 2. The van der Waals surface area contributed by atoms with Crippen molar-refractivity contribution in [3.05, 3.63) is 27.5 Å². The van der Waals surface area contributed by atoms with Gasteiger partial charge in [0.25, 0.3) is 0 Å². The van der Waals surface area contributed by atoms with Gasteiger partial charge < -0.3 is 4.74 Å². The van der Waals surface area contributed by atoms with E-state index in [1.807, 2.05) is 0 Å². The van der Waals surface area contributed by atoms with E-state index in [1.54, 1.807) is 0 Å². The summed E-state index contributed by atoms with van der Waals surface area (Å²) in [7, 11) is 0. The molecule has 0 amide bonds. The van der Waals surface area contributed by atoms with Gasteiger partial charge in [0.15, 0.2) is 0 Å². The van der Waals surface area contributed by atoms with Crippen molar-refractivity contribution in [2.45, 2.75) is 25.8 Å². The Hall–Kier alpha value is -0.620. The van der Waals surface area contributed by atoms with E-state index in [0.29, 0.717) is 6.04 Å². The summed E-state index contributed by atoms with van der Waals surface area (Å²) >= 11 is 2.33. The molecule has 1 fully saturated rings. The van der Waals surface area contributed by atoms with E-state index in [0.717, 1.165) is 23.3 Å². The third-order valence-corrected chi connectivity index (χ3v) is 4.14. The fourth-order valence-corrected chi connectivity index (χ4v) is 3.44. The monoisotopic (exact) mass is 342 g/mol. The van der Waals surface area contributed by atoms with Gasteiger partial charge in [-0.2, -0.15) is 5.10 Å². The van der Waals surface area contributed by atoms with Crippen LogP contribution in [0.5, 0.6) is 0 Å². The van der Waals surface area contributed by atoms with Gasteiger partial charge in [-0.3, -0.25) is 4.68 Å². The number of halogens is 1. The van der Waals surface area contributed by atoms with Gasteiger partial charge >= 0.3 is 0 Å². The van der Waals surface area contributed by atoms with Crippen LogP contribution in [0.4, 0.5) is 0 Å². The molecule has 2 aromatic rings. The number of hydrogen-bond donors (Lipinski definition) is 0. The number of hydrogen-bond acceptors (Lipinski definition) is 2. The van der Waals surface area contributed by atoms with E-state index < -0.39 is 0 Å². The first kappa shape index (κ1) is 11.5. The molecule has 90 valence electrons. The number of nitrogens with zero attached hydrogens (tertiary/aromatic N) is 2. The lowest BCUT2D eigenvalue weighted by atomic mass is 10.1. The summed E-state index contributed by atoms with van der Waals surface area (Å²) in [6.07, 6.45) is 2.30. The van der Waals surface area contributed by atoms with Crippen LogP contribution in [0, 0.1) is 10.6 Å². The molecule has 0 saturated carbocycles. The largest absolute Gasteiger partial charge is 0.379 e. The van der Waals surface area contributed by atoms with Gasteiger partial charge in [0, 0.05) is 12.0 Å². The number of ether oxygens (including phenoxy) is 1. The summed E-state index contributed by atoms with van der Waals surface area (Å²) in [6.45, 7) is 3.83. The lowest BCUT2D eigenvalue weighted by Crippen LogP contribution is -2.22. The molecule has 1 atom stereocenters. The van der Waals surface area contributed by atoms with E-state index in [2.05, 4.69) is 52.4 Å².